The second-order valence-corrected chi connectivity index (χ2v) is 6.37. The molecule has 6 heteroatoms. The minimum absolute atomic E-state index is 0.320. The lowest BCUT2D eigenvalue weighted by Gasteiger charge is -2.14. The van der Waals surface area contributed by atoms with Crippen molar-refractivity contribution in [2.24, 2.45) is 5.73 Å². The summed E-state index contributed by atoms with van der Waals surface area (Å²) in [4.78, 5) is 11.7. The summed E-state index contributed by atoms with van der Waals surface area (Å²) in [7, 11) is 1.61. The van der Waals surface area contributed by atoms with Crippen LogP contribution in [0.1, 0.15) is 18.1 Å². The van der Waals surface area contributed by atoms with Crippen LogP contribution in [0, 0.1) is 0 Å². The van der Waals surface area contributed by atoms with E-state index in [2.05, 4.69) is 15.9 Å². The lowest BCUT2D eigenvalue weighted by atomic mass is 10.0. The van der Waals surface area contributed by atoms with Crippen LogP contribution in [0.15, 0.2) is 46.9 Å². The van der Waals surface area contributed by atoms with Gasteiger partial charge in [-0.15, -0.1) is 0 Å². The average Bonchev–Trinajstić information content (AvgIpc) is 2.60. The molecule has 2 N–H and O–H groups in total. The van der Waals surface area contributed by atoms with E-state index in [0.717, 1.165) is 27.1 Å². The second kappa shape index (κ2) is 9.44. The monoisotopic (exact) mass is 407 g/mol. The fourth-order valence-corrected chi connectivity index (χ4v) is 2.75. The Labute approximate surface area is 156 Å². The molecule has 0 fully saturated rings. The molecule has 134 valence electrons. The van der Waals surface area contributed by atoms with Crippen molar-refractivity contribution in [1.29, 1.82) is 0 Å². The zero-order valence-electron chi connectivity index (χ0n) is 14.3. The van der Waals surface area contributed by atoms with Gasteiger partial charge in [0.2, 0.25) is 0 Å². The molecule has 1 atom stereocenters. The van der Waals surface area contributed by atoms with E-state index in [1.807, 2.05) is 42.5 Å². The third-order valence-corrected chi connectivity index (χ3v) is 4.07. The van der Waals surface area contributed by atoms with Crippen LogP contribution >= 0.6 is 15.9 Å². The number of hydrogen-bond acceptors (Lipinski definition) is 5. The summed E-state index contributed by atoms with van der Waals surface area (Å²) in [6.45, 7) is 2.43. The van der Waals surface area contributed by atoms with Gasteiger partial charge in [0.15, 0.2) is 0 Å². The summed E-state index contributed by atoms with van der Waals surface area (Å²) < 4.78 is 17.1. The van der Waals surface area contributed by atoms with Crippen molar-refractivity contribution in [3.8, 4) is 11.5 Å². The molecule has 2 rings (SSSR count). The molecule has 2 aromatic carbocycles. The Morgan fingerprint density at radius 1 is 1.24 bits per heavy atom. The predicted molar refractivity (Wildman–Crippen MR) is 99.8 cm³/mol. The van der Waals surface area contributed by atoms with Crippen molar-refractivity contribution >= 4 is 21.9 Å². The van der Waals surface area contributed by atoms with Gasteiger partial charge in [-0.25, -0.2) is 0 Å². The van der Waals surface area contributed by atoms with E-state index in [4.69, 9.17) is 19.9 Å². The van der Waals surface area contributed by atoms with Crippen LogP contribution in [0.4, 0.5) is 0 Å². The number of halogens is 1. The number of esters is 1. The van der Waals surface area contributed by atoms with Gasteiger partial charge >= 0.3 is 5.97 Å². The van der Waals surface area contributed by atoms with Crippen molar-refractivity contribution in [3.63, 3.8) is 0 Å². The molecule has 0 saturated carbocycles. The van der Waals surface area contributed by atoms with E-state index in [9.17, 15) is 4.79 Å². The maximum atomic E-state index is 11.7. The molecular formula is C19H22BrNO4. The first-order valence-electron chi connectivity index (χ1n) is 7.99. The van der Waals surface area contributed by atoms with Crippen LogP contribution < -0.4 is 15.2 Å². The quantitative estimate of drug-likeness (QED) is 0.678. The Morgan fingerprint density at radius 3 is 2.72 bits per heavy atom. The van der Waals surface area contributed by atoms with Gasteiger partial charge in [-0.1, -0.05) is 28.1 Å². The smallest absolute Gasteiger partial charge is 0.323 e. The Balaban J connectivity index is 2.09. The second-order valence-electron chi connectivity index (χ2n) is 5.45. The summed E-state index contributed by atoms with van der Waals surface area (Å²) >= 11 is 3.42. The topological polar surface area (TPSA) is 70.8 Å². The van der Waals surface area contributed by atoms with Crippen molar-refractivity contribution in [2.45, 2.75) is 26.0 Å². The van der Waals surface area contributed by atoms with Crippen molar-refractivity contribution < 1.29 is 19.0 Å². The van der Waals surface area contributed by atoms with Crippen LogP contribution in [0.2, 0.25) is 0 Å². The van der Waals surface area contributed by atoms with Gasteiger partial charge in [-0.05, 0) is 49.2 Å². The number of benzene rings is 2. The molecule has 25 heavy (non-hydrogen) atoms. The molecule has 1 unspecified atom stereocenters. The first-order chi connectivity index (χ1) is 12.0. The van der Waals surface area contributed by atoms with Crippen LogP contribution in [0.3, 0.4) is 0 Å². The highest BCUT2D eigenvalue weighted by Gasteiger charge is 2.16. The zero-order valence-corrected chi connectivity index (χ0v) is 15.9. The molecule has 0 aliphatic rings. The molecule has 0 heterocycles. The predicted octanol–water partition coefficient (Wildman–Crippen LogP) is 3.47. The first-order valence-corrected chi connectivity index (χ1v) is 8.79. The van der Waals surface area contributed by atoms with Crippen molar-refractivity contribution in [1.82, 2.24) is 0 Å². The number of nitrogens with two attached hydrogens (primary N) is 1. The van der Waals surface area contributed by atoms with Crippen LogP contribution in [0.5, 0.6) is 11.5 Å². The molecule has 0 aliphatic carbocycles. The molecule has 0 radical (unpaired) electrons. The van der Waals surface area contributed by atoms with Gasteiger partial charge in [0.1, 0.15) is 24.1 Å². The van der Waals surface area contributed by atoms with E-state index < -0.39 is 12.0 Å². The molecule has 5 nitrogen and oxygen atoms in total. The molecule has 2 aromatic rings. The van der Waals surface area contributed by atoms with E-state index >= 15 is 0 Å². The number of ether oxygens (including phenoxy) is 3. The molecule has 0 spiro atoms. The van der Waals surface area contributed by atoms with E-state index in [1.54, 1.807) is 14.0 Å². The van der Waals surface area contributed by atoms with Crippen molar-refractivity contribution in [2.75, 3.05) is 13.7 Å². The van der Waals surface area contributed by atoms with E-state index in [0.29, 0.717) is 19.6 Å². The highest BCUT2D eigenvalue weighted by atomic mass is 79.9. The highest BCUT2D eigenvalue weighted by Crippen LogP contribution is 2.24. The molecule has 0 aromatic heterocycles. The summed E-state index contributed by atoms with van der Waals surface area (Å²) in [6.07, 6.45) is 0.396. The molecule has 0 amide bonds. The van der Waals surface area contributed by atoms with Crippen LogP contribution in [-0.2, 0) is 22.6 Å². The van der Waals surface area contributed by atoms with Crippen LogP contribution in [-0.4, -0.2) is 25.7 Å². The third-order valence-electron chi connectivity index (χ3n) is 3.58. The zero-order chi connectivity index (χ0) is 18.2. The maximum Gasteiger partial charge on any atom is 0.323 e. The number of carbonyl (C=O) groups is 1. The van der Waals surface area contributed by atoms with Gasteiger partial charge in [0.05, 0.1) is 13.7 Å². The molecular weight excluding hydrogens is 386 g/mol. The minimum atomic E-state index is -0.688. The van der Waals surface area contributed by atoms with Crippen LogP contribution in [0.25, 0.3) is 0 Å². The van der Waals surface area contributed by atoms with Gasteiger partial charge in [0.25, 0.3) is 0 Å². The average molecular weight is 408 g/mol. The first kappa shape index (κ1) is 19.3. The number of hydrogen-bond donors (Lipinski definition) is 1. The summed E-state index contributed by atoms with van der Waals surface area (Å²) in [6, 6.07) is 12.6. The van der Waals surface area contributed by atoms with Gasteiger partial charge in [-0.3, -0.25) is 4.79 Å². The van der Waals surface area contributed by atoms with E-state index in [1.165, 1.54) is 0 Å². The summed E-state index contributed by atoms with van der Waals surface area (Å²) in [5.41, 5.74) is 7.71. The molecule has 0 bridgehead atoms. The Kier molecular flexibility index (Phi) is 7.28. The Hall–Kier alpha value is -2.05. The highest BCUT2D eigenvalue weighted by molar-refractivity contribution is 9.10. The Bertz CT molecular complexity index is 720. The largest absolute Gasteiger partial charge is 0.496 e. The minimum Gasteiger partial charge on any atom is -0.496 e. The molecule has 0 saturated heterocycles. The van der Waals surface area contributed by atoms with Gasteiger partial charge in [0, 0.05) is 10.0 Å². The fraction of sp³-hybridized carbons (Fsp3) is 0.316. The summed E-state index contributed by atoms with van der Waals surface area (Å²) in [5.74, 6) is 1.08. The lowest BCUT2D eigenvalue weighted by Crippen LogP contribution is -2.34. The normalized spacial score (nSPS) is 11.7. The SMILES string of the molecule is CCOC(=O)C(N)Cc1ccc(OC)c(COc2cccc(Br)c2)c1. The lowest BCUT2D eigenvalue weighted by molar-refractivity contribution is -0.144. The fourth-order valence-electron chi connectivity index (χ4n) is 2.38. The van der Waals surface area contributed by atoms with E-state index in [-0.39, 0.29) is 0 Å². The number of rotatable bonds is 8. The molecule has 0 aliphatic heterocycles. The Morgan fingerprint density at radius 2 is 2.04 bits per heavy atom. The maximum absolute atomic E-state index is 11.7. The van der Waals surface area contributed by atoms with Crippen molar-refractivity contribution in [3.05, 3.63) is 58.1 Å². The third kappa shape index (κ3) is 5.76. The standard InChI is InChI=1S/C19H22BrNO4/c1-3-24-19(22)17(21)10-13-7-8-18(23-2)14(9-13)12-25-16-6-4-5-15(20)11-16/h4-9,11,17H,3,10,12,21H2,1-2H3. The van der Waals surface area contributed by atoms with Gasteiger partial charge < -0.3 is 19.9 Å². The van der Waals surface area contributed by atoms with Gasteiger partial charge in [-0.2, -0.15) is 0 Å². The number of methoxy groups -OCH3 is 1. The summed E-state index contributed by atoms with van der Waals surface area (Å²) in [5, 5.41) is 0. The number of carbonyl (C=O) groups excluding carboxylic acids is 1.